The highest BCUT2D eigenvalue weighted by molar-refractivity contribution is 7.47. The van der Waals surface area contributed by atoms with Gasteiger partial charge in [-0.2, -0.15) is 0 Å². The van der Waals surface area contributed by atoms with E-state index in [1.807, 2.05) is 0 Å². The summed E-state index contributed by atoms with van der Waals surface area (Å²) in [6, 6.07) is 0. The van der Waals surface area contributed by atoms with E-state index in [1.165, 1.54) is 218 Å². The van der Waals surface area contributed by atoms with Gasteiger partial charge in [-0.1, -0.05) is 349 Å². The van der Waals surface area contributed by atoms with Crippen LogP contribution in [0.5, 0.6) is 0 Å². The number of ether oxygens (including phenoxy) is 4. The summed E-state index contributed by atoms with van der Waals surface area (Å²) in [5.41, 5.74) is 0. The highest BCUT2D eigenvalue weighted by atomic mass is 31.2. The second kappa shape index (κ2) is 69.2. The van der Waals surface area contributed by atoms with Gasteiger partial charge >= 0.3 is 39.5 Å². The van der Waals surface area contributed by atoms with Crippen LogP contribution >= 0.6 is 15.6 Å². The number of aliphatic hydroxyl groups excluding tert-OH is 1. The lowest BCUT2D eigenvalue weighted by Gasteiger charge is -2.21. The van der Waals surface area contributed by atoms with Crippen LogP contribution in [0, 0.1) is 5.92 Å². The van der Waals surface area contributed by atoms with Crippen molar-refractivity contribution in [2.45, 2.75) is 419 Å². The van der Waals surface area contributed by atoms with Crippen molar-refractivity contribution < 1.29 is 80.2 Å². The molecule has 0 aliphatic carbocycles. The van der Waals surface area contributed by atoms with E-state index in [1.54, 1.807) is 0 Å². The lowest BCUT2D eigenvalue weighted by atomic mass is 9.99. The fourth-order valence-corrected chi connectivity index (χ4v) is 13.3. The molecule has 0 saturated heterocycles. The van der Waals surface area contributed by atoms with E-state index in [-0.39, 0.29) is 25.7 Å². The highest BCUT2D eigenvalue weighted by Crippen LogP contribution is 2.45. The van der Waals surface area contributed by atoms with E-state index in [9.17, 15) is 43.2 Å². The van der Waals surface area contributed by atoms with Gasteiger partial charge in [0.15, 0.2) is 12.2 Å². The Morgan fingerprint density at radius 2 is 0.505 bits per heavy atom. The molecule has 564 valence electrons. The number of hydrogen-bond donors (Lipinski definition) is 3. The van der Waals surface area contributed by atoms with Crippen molar-refractivity contribution in [2.75, 3.05) is 39.6 Å². The normalized spacial score (nSPS) is 14.2. The Bertz CT molecular complexity index is 1820. The molecule has 0 rings (SSSR count). The molecule has 19 heteroatoms. The molecule has 0 aliphatic rings. The molecule has 0 bridgehead atoms. The second-order valence-corrected chi connectivity index (χ2v) is 30.5. The Hall–Kier alpha value is -1.94. The Labute approximate surface area is 581 Å². The van der Waals surface area contributed by atoms with Crippen molar-refractivity contribution in [3.8, 4) is 0 Å². The Morgan fingerprint density at radius 3 is 0.747 bits per heavy atom. The smallest absolute Gasteiger partial charge is 0.462 e. The minimum atomic E-state index is -4.95. The zero-order chi connectivity index (χ0) is 69.8. The Morgan fingerprint density at radius 1 is 0.295 bits per heavy atom. The molecule has 0 aromatic carbocycles. The molecule has 0 aromatic rings. The average molecular weight is 1400 g/mol. The molecule has 0 fully saturated rings. The van der Waals surface area contributed by atoms with Crippen LogP contribution in [0.2, 0.25) is 0 Å². The molecule has 95 heavy (non-hydrogen) atoms. The van der Waals surface area contributed by atoms with Crippen LogP contribution in [0.4, 0.5) is 0 Å². The van der Waals surface area contributed by atoms with Crippen LogP contribution in [-0.2, 0) is 65.4 Å². The topological polar surface area (TPSA) is 237 Å². The zero-order valence-electron chi connectivity index (χ0n) is 61.8. The van der Waals surface area contributed by atoms with E-state index in [4.69, 9.17) is 37.0 Å². The van der Waals surface area contributed by atoms with Gasteiger partial charge < -0.3 is 33.8 Å². The summed E-state index contributed by atoms with van der Waals surface area (Å²) >= 11 is 0. The quantitative estimate of drug-likeness (QED) is 0.0222. The van der Waals surface area contributed by atoms with Gasteiger partial charge in [0, 0.05) is 25.7 Å². The van der Waals surface area contributed by atoms with Gasteiger partial charge in [0.2, 0.25) is 0 Å². The number of esters is 4. The first-order valence-corrected chi connectivity index (χ1v) is 42.7. The molecule has 0 radical (unpaired) electrons. The Kier molecular flexibility index (Phi) is 67.7. The van der Waals surface area contributed by atoms with Gasteiger partial charge in [0.1, 0.15) is 19.3 Å². The molecule has 6 atom stereocenters. The standard InChI is InChI=1S/C76H148O17P2/c1-6-10-13-16-18-20-22-24-26-28-29-30-31-33-35-37-42-46-51-56-61-76(81)93-72(66-87-74(79)60-55-50-45-41-36-34-32-27-25-23-21-19-17-14-11-7-2)68-91-95(84,85)89-64-70(77)63-88-94(82,83)90-67-71(65-86-73(78)59-54-48-15-12-8-3)92-75(80)62-57-52-47-43-39-38-40-44-49-53-58-69(5)9-4/h69-72,77H,6-68H2,1-5H3,(H,82,83)(H,84,85)/t69?,70-,71+,72+/m0/s1. The number of phosphoric ester groups is 2. The third kappa shape index (κ3) is 69.0. The van der Waals surface area contributed by atoms with Crippen molar-refractivity contribution >= 4 is 39.5 Å². The summed E-state index contributed by atoms with van der Waals surface area (Å²) in [4.78, 5) is 72.5. The van der Waals surface area contributed by atoms with E-state index in [0.29, 0.717) is 25.7 Å². The first kappa shape index (κ1) is 93.1. The van der Waals surface area contributed by atoms with Gasteiger partial charge in [-0.15, -0.1) is 0 Å². The van der Waals surface area contributed by atoms with E-state index in [2.05, 4.69) is 34.6 Å². The predicted molar refractivity (Wildman–Crippen MR) is 386 cm³/mol. The number of carbonyl (C=O) groups excluding carboxylic acids is 4. The average Bonchev–Trinajstić information content (AvgIpc) is 1.66. The lowest BCUT2D eigenvalue weighted by Crippen LogP contribution is -2.30. The van der Waals surface area contributed by atoms with Gasteiger partial charge in [-0.25, -0.2) is 9.13 Å². The van der Waals surface area contributed by atoms with Crippen LogP contribution in [0.3, 0.4) is 0 Å². The molecular weight excluding hydrogens is 1250 g/mol. The maximum atomic E-state index is 13.1. The van der Waals surface area contributed by atoms with Crippen molar-refractivity contribution in [3.05, 3.63) is 0 Å². The van der Waals surface area contributed by atoms with Crippen LogP contribution in [0.15, 0.2) is 0 Å². The number of hydrogen-bond acceptors (Lipinski definition) is 15. The fourth-order valence-electron chi connectivity index (χ4n) is 11.7. The summed E-state index contributed by atoms with van der Waals surface area (Å²) in [5, 5.41) is 10.6. The molecule has 0 spiro atoms. The maximum absolute atomic E-state index is 13.1. The van der Waals surface area contributed by atoms with Crippen LogP contribution < -0.4 is 0 Å². The predicted octanol–water partition coefficient (Wildman–Crippen LogP) is 22.5. The molecule has 17 nitrogen and oxygen atoms in total. The molecule has 0 heterocycles. The highest BCUT2D eigenvalue weighted by Gasteiger charge is 2.30. The Balaban J connectivity index is 5.13. The lowest BCUT2D eigenvalue weighted by molar-refractivity contribution is -0.161. The summed E-state index contributed by atoms with van der Waals surface area (Å²) < 4.78 is 68.3. The molecule has 0 amide bonds. The number of aliphatic hydroxyl groups is 1. The minimum Gasteiger partial charge on any atom is -0.462 e. The van der Waals surface area contributed by atoms with Gasteiger partial charge in [0.05, 0.1) is 26.4 Å². The zero-order valence-corrected chi connectivity index (χ0v) is 63.6. The maximum Gasteiger partial charge on any atom is 0.472 e. The minimum absolute atomic E-state index is 0.106. The number of carbonyl (C=O) groups is 4. The van der Waals surface area contributed by atoms with Gasteiger partial charge in [0.25, 0.3) is 0 Å². The van der Waals surface area contributed by atoms with Crippen molar-refractivity contribution in [1.82, 2.24) is 0 Å². The molecule has 3 unspecified atom stereocenters. The molecule has 0 aliphatic heterocycles. The molecule has 3 N–H and O–H groups in total. The third-order valence-corrected chi connectivity index (χ3v) is 20.0. The van der Waals surface area contributed by atoms with Crippen molar-refractivity contribution in [3.63, 3.8) is 0 Å². The summed E-state index contributed by atoms with van der Waals surface area (Å²) in [5.74, 6) is -1.32. The van der Waals surface area contributed by atoms with Gasteiger partial charge in [-0.3, -0.25) is 37.3 Å². The number of phosphoric acid groups is 2. The van der Waals surface area contributed by atoms with E-state index >= 15 is 0 Å². The second-order valence-electron chi connectivity index (χ2n) is 27.6. The van der Waals surface area contributed by atoms with Crippen LogP contribution in [-0.4, -0.2) is 96.7 Å². The SMILES string of the molecule is CCCCCCCCCCCCCCCCCCCCCCC(=O)O[C@H](COC(=O)CCCCCCCCCCCCCCCCCC)COP(=O)(O)OC[C@@H](O)COP(=O)(O)OC[C@@H](COC(=O)CCCCCCC)OC(=O)CCCCCCCCCCCCC(C)CC. The third-order valence-electron chi connectivity index (χ3n) is 18.1. The van der Waals surface area contributed by atoms with Crippen LogP contribution in [0.1, 0.15) is 401 Å². The summed E-state index contributed by atoms with van der Waals surface area (Å²) in [6.07, 6.45) is 58.7. The monoisotopic (exact) mass is 1400 g/mol. The van der Waals surface area contributed by atoms with Gasteiger partial charge in [-0.05, 0) is 31.6 Å². The van der Waals surface area contributed by atoms with E-state index in [0.717, 1.165) is 102 Å². The first-order valence-electron chi connectivity index (χ1n) is 39.7. The van der Waals surface area contributed by atoms with Crippen LogP contribution in [0.25, 0.3) is 0 Å². The molecule has 0 saturated carbocycles. The van der Waals surface area contributed by atoms with Crippen molar-refractivity contribution in [1.29, 1.82) is 0 Å². The number of unbranched alkanes of at least 4 members (excludes halogenated alkanes) is 47. The first-order chi connectivity index (χ1) is 46.1. The fraction of sp³-hybridized carbons (Fsp3) is 0.947. The summed E-state index contributed by atoms with van der Waals surface area (Å²) in [7, 11) is -9.90. The largest absolute Gasteiger partial charge is 0.472 e. The summed E-state index contributed by atoms with van der Waals surface area (Å²) in [6.45, 7) is 7.23. The molecular formula is C76H148O17P2. The molecule has 0 aromatic heterocycles. The number of rotatable bonds is 76. The van der Waals surface area contributed by atoms with E-state index < -0.39 is 97.5 Å². The van der Waals surface area contributed by atoms with Crippen molar-refractivity contribution in [2.24, 2.45) is 5.92 Å².